The predicted octanol–water partition coefficient (Wildman–Crippen LogP) is 2.75. The summed E-state index contributed by atoms with van der Waals surface area (Å²) in [5, 5.41) is 0. The third kappa shape index (κ3) is 4.71. The molecule has 0 bridgehead atoms. The lowest BCUT2D eigenvalue weighted by Crippen LogP contribution is -2.49. The molecule has 0 aliphatic carbocycles. The van der Waals surface area contributed by atoms with Gasteiger partial charge in [0.1, 0.15) is 0 Å². The Kier molecular flexibility index (Phi) is 6.02. The average molecular weight is 396 g/mol. The highest BCUT2D eigenvalue weighted by Crippen LogP contribution is 2.32. The first-order valence-electron chi connectivity index (χ1n) is 10.2. The van der Waals surface area contributed by atoms with Crippen LogP contribution in [0.5, 0.6) is 11.5 Å². The van der Waals surface area contributed by atoms with Crippen molar-refractivity contribution in [3.05, 3.63) is 59.7 Å². The lowest BCUT2D eigenvalue weighted by atomic mass is 10.1. The van der Waals surface area contributed by atoms with Crippen molar-refractivity contribution in [2.45, 2.75) is 19.5 Å². The summed E-state index contributed by atoms with van der Waals surface area (Å²) >= 11 is 0. The molecule has 1 amide bonds. The van der Waals surface area contributed by atoms with Crippen molar-refractivity contribution in [3.63, 3.8) is 0 Å². The molecular weight excluding hydrogens is 366 g/mol. The molecule has 0 aromatic heterocycles. The number of nitrogens with zero attached hydrogens (tertiary/aromatic N) is 3. The Morgan fingerprint density at radius 1 is 1.00 bits per heavy atom. The van der Waals surface area contributed by atoms with Crippen molar-refractivity contribution >= 4 is 5.91 Å². The number of carbonyl (C=O) groups is 1. The largest absolute Gasteiger partial charge is 0.454 e. The molecule has 4 rings (SSSR count). The number of hydrogen-bond donors (Lipinski definition) is 0. The van der Waals surface area contributed by atoms with Gasteiger partial charge >= 0.3 is 0 Å². The fourth-order valence-corrected chi connectivity index (χ4v) is 3.88. The van der Waals surface area contributed by atoms with Crippen LogP contribution in [0.1, 0.15) is 24.1 Å². The summed E-state index contributed by atoms with van der Waals surface area (Å²) in [4.78, 5) is 19.3. The first-order valence-corrected chi connectivity index (χ1v) is 10.2. The molecule has 2 aliphatic heterocycles. The summed E-state index contributed by atoms with van der Waals surface area (Å²) in [7, 11) is 1.90. The highest BCUT2D eigenvalue weighted by atomic mass is 16.7. The standard InChI is InChI=1S/C23H29N3O3/c1-18(20-6-4-3-5-7-20)24(2)23(27)16-26-12-10-25(11-13-26)15-19-8-9-21-22(14-19)29-17-28-21/h3-9,14,18H,10-13,15-17H2,1-2H3/t18-/m1/s1. The third-order valence-electron chi connectivity index (χ3n) is 5.92. The summed E-state index contributed by atoms with van der Waals surface area (Å²) in [6.07, 6.45) is 0. The van der Waals surface area contributed by atoms with E-state index >= 15 is 0 Å². The molecule has 1 fully saturated rings. The van der Waals surface area contributed by atoms with Gasteiger partial charge in [-0.3, -0.25) is 14.6 Å². The van der Waals surface area contributed by atoms with Gasteiger partial charge in [0.15, 0.2) is 11.5 Å². The van der Waals surface area contributed by atoms with Gasteiger partial charge in [0, 0.05) is 39.8 Å². The van der Waals surface area contributed by atoms with E-state index in [0.29, 0.717) is 13.3 Å². The number of likely N-dealkylation sites (N-methyl/N-ethyl adjacent to an activating group) is 1. The Morgan fingerprint density at radius 3 is 2.45 bits per heavy atom. The van der Waals surface area contributed by atoms with Gasteiger partial charge in [-0.2, -0.15) is 0 Å². The van der Waals surface area contributed by atoms with E-state index in [2.05, 4.69) is 41.0 Å². The number of ether oxygens (including phenoxy) is 2. The van der Waals surface area contributed by atoms with Crippen molar-refractivity contribution in [3.8, 4) is 11.5 Å². The number of amides is 1. The summed E-state index contributed by atoms with van der Waals surface area (Å²) in [5.74, 6) is 1.83. The number of hydrogen-bond acceptors (Lipinski definition) is 5. The van der Waals surface area contributed by atoms with Crippen molar-refractivity contribution in [2.75, 3.05) is 46.6 Å². The van der Waals surface area contributed by atoms with Gasteiger partial charge in [0.25, 0.3) is 0 Å². The van der Waals surface area contributed by atoms with Crippen molar-refractivity contribution in [1.82, 2.24) is 14.7 Å². The topological polar surface area (TPSA) is 45.3 Å². The van der Waals surface area contributed by atoms with E-state index in [0.717, 1.165) is 49.8 Å². The maximum absolute atomic E-state index is 12.8. The summed E-state index contributed by atoms with van der Waals surface area (Å²) in [6.45, 7) is 7.49. The Balaban J connectivity index is 1.25. The predicted molar refractivity (Wildman–Crippen MR) is 112 cm³/mol. The second-order valence-electron chi connectivity index (χ2n) is 7.83. The van der Waals surface area contributed by atoms with E-state index in [1.54, 1.807) is 0 Å². The Morgan fingerprint density at radius 2 is 1.69 bits per heavy atom. The van der Waals surface area contributed by atoms with E-state index in [9.17, 15) is 4.79 Å². The second kappa shape index (κ2) is 8.84. The smallest absolute Gasteiger partial charge is 0.236 e. The normalized spacial score (nSPS) is 17.9. The minimum atomic E-state index is 0.0796. The fourth-order valence-electron chi connectivity index (χ4n) is 3.88. The molecule has 0 saturated carbocycles. The SMILES string of the molecule is C[C@H](c1ccccc1)N(C)C(=O)CN1CCN(Cc2ccc3c(c2)OCO3)CC1. The van der Waals surface area contributed by atoms with E-state index in [4.69, 9.17) is 9.47 Å². The molecule has 2 aromatic carbocycles. The quantitative estimate of drug-likeness (QED) is 0.753. The molecule has 0 spiro atoms. The molecule has 2 aromatic rings. The van der Waals surface area contributed by atoms with Crippen LogP contribution in [0.4, 0.5) is 0 Å². The molecule has 0 unspecified atom stereocenters. The zero-order valence-electron chi connectivity index (χ0n) is 17.2. The third-order valence-corrected chi connectivity index (χ3v) is 5.92. The van der Waals surface area contributed by atoms with Crippen LogP contribution in [0.15, 0.2) is 48.5 Å². The van der Waals surface area contributed by atoms with Crippen LogP contribution in [0, 0.1) is 0 Å². The molecule has 29 heavy (non-hydrogen) atoms. The maximum Gasteiger partial charge on any atom is 0.236 e. The summed E-state index contributed by atoms with van der Waals surface area (Å²) < 4.78 is 10.9. The first kappa shape index (κ1) is 19.7. The Bertz CT molecular complexity index is 835. The van der Waals surface area contributed by atoms with Crippen LogP contribution < -0.4 is 9.47 Å². The van der Waals surface area contributed by atoms with Gasteiger partial charge in [-0.05, 0) is 30.2 Å². The first-order chi connectivity index (χ1) is 14.1. The fraction of sp³-hybridized carbons (Fsp3) is 0.435. The van der Waals surface area contributed by atoms with Gasteiger partial charge in [-0.15, -0.1) is 0 Å². The van der Waals surface area contributed by atoms with E-state index < -0.39 is 0 Å². The number of piperazine rings is 1. The number of rotatable bonds is 6. The molecule has 2 heterocycles. The van der Waals surface area contributed by atoms with Gasteiger partial charge in [-0.25, -0.2) is 0 Å². The van der Waals surface area contributed by atoms with Crippen LogP contribution in [-0.2, 0) is 11.3 Å². The highest BCUT2D eigenvalue weighted by Gasteiger charge is 2.23. The molecule has 2 aliphatic rings. The summed E-state index contributed by atoms with van der Waals surface area (Å²) in [5.41, 5.74) is 2.40. The lowest BCUT2D eigenvalue weighted by Gasteiger charge is -2.35. The highest BCUT2D eigenvalue weighted by molar-refractivity contribution is 5.78. The number of fused-ring (bicyclic) bond motifs is 1. The Labute approximate surface area is 172 Å². The van der Waals surface area contributed by atoms with Gasteiger partial charge < -0.3 is 14.4 Å². The number of benzene rings is 2. The molecule has 154 valence electrons. The molecular formula is C23H29N3O3. The van der Waals surface area contributed by atoms with Crippen LogP contribution in [0.3, 0.4) is 0 Å². The molecule has 1 saturated heterocycles. The van der Waals surface area contributed by atoms with Crippen LogP contribution >= 0.6 is 0 Å². The van der Waals surface area contributed by atoms with Gasteiger partial charge in [0.05, 0.1) is 12.6 Å². The second-order valence-corrected chi connectivity index (χ2v) is 7.83. The van der Waals surface area contributed by atoms with Gasteiger partial charge in [0.2, 0.25) is 12.7 Å². The van der Waals surface area contributed by atoms with E-state index in [1.807, 2.05) is 36.2 Å². The average Bonchev–Trinajstić information content (AvgIpc) is 3.22. The zero-order chi connectivity index (χ0) is 20.2. The van der Waals surface area contributed by atoms with E-state index in [1.165, 1.54) is 5.56 Å². The van der Waals surface area contributed by atoms with Crippen LogP contribution in [-0.4, -0.2) is 67.2 Å². The number of carbonyl (C=O) groups excluding carboxylic acids is 1. The molecule has 6 nitrogen and oxygen atoms in total. The summed E-state index contributed by atoms with van der Waals surface area (Å²) in [6, 6.07) is 16.4. The minimum absolute atomic E-state index is 0.0796. The minimum Gasteiger partial charge on any atom is -0.454 e. The van der Waals surface area contributed by atoms with Crippen LogP contribution in [0.2, 0.25) is 0 Å². The molecule has 6 heteroatoms. The van der Waals surface area contributed by atoms with Crippen molar-refractivity contribution < 1.29 is 14.3 Å². The monoisotopic (exact) mass is 395 g/mol. The van der Waals surface area contributed by atoms with Crippen LogP contribution in [0.25, 0.3) is 0 Å². The maximum atomic E-state index is 12.8. The molecule has 0 radical (unpaired) electrons. The van der Waals surface area contributed by atoms with Gasteiger partial charge in [-0.1, -0.05) is 36.4 Å². The molecule has 1 atom stereocenters. The van der Waals surface area contributed by atoms with Crippen molar-refractivity contribution in [2.24, 2.45) is 0 Å². The lowest BCUT2D eigenvalue weighted by molar-refractivity contribution is -0.133. The zero-order valence-corrected chi connectivity index (χ0v) is 17.2. The Hall–Kier alpha value is -2.57. The molecule has 0 N–H and O–H groups in total. The van der Waals surface area contributed by atoms with Crippen molar-refractivity contribution in [1.29, 1.82) is 0 Å². The van der Waals surface area contributed by atoms with E-state index in [-0.39, 0.29) is 11.9 Å².